The van der Waals surface area contributed by atoms with Crippen LogP contribution in [0, 0.1) is 13.8 Å². The number of hydrogen-bond donors (Lipinski definition) is 0. The van der Waals surface area contributed by atoms with Crippen LogP contribution in [0.1, 0.15) is 40.3 Å². The van der Waals surface area contributed by atoms with Crippen molar-refractivity contribution >= 4 is 5.91 Å². The minimum Gasteiger partial charge on any atom is -0.341 e. The van der Waals surface area contributed by atoms with Gasteiger partial charge >= 0.3 is 0 Å². The number of hydrogen-bond acceptors (Lipinski definition) is 2. The van der Waals surface area contributed by atoms with E-state index in [0.29, 0.717) is 6.04 Å². The van der Waals surface area contributed by atoms with Crippen molar-refractivity contribution in [1.29, 1.82) is 0 Å². The average molecular weight is 325 g/mol. The predicted molar refractivity (Wildman–Crippen MR) is 97.5 cm³/mol. The molecule has 24 heavy (non-hydrogen) atoms. The first-order valence-corrected chi connectivity index (χ1v) is 8.59. The molecule has 1 amide bonds. The number of rotatable bonds is 4. The quantitative estimate of drug-likeness (QED) is 0.864. The lowest BCUT2D eigenvalue weighted by Gasteiger charge is -2.42. The Hall–Kier alpha value is -2.07. The van der Waals surface area contributed by atoms with Gasteiger partial charge in [0.1, 0.15) is 0 Å². The summed E-state index contributed by atoms with van der Waals surface area (Å²) in [5, 5.41) is 0. The number of nitrogens with zero attached hydrogens (tertiary/aromatic N) is 3. The summed E-state index contributed by atoms with van der Waals surface area (Å²) in [6, 6.07) is 13.2. The standard InChI is InChI=1S/C20H27N3O/c1-14-11-19(20(24)22-12-18(13-22)21(4)5)16(3)23(14)15(2)17-9-7-6-8-10-17/h6-11,15,18H,12-13H2,1-5H3/t15-/m0/s1. The summed E-state index contributed by atoms with van der Waals surface area (Å²) in [7, 11) is 4.14. The van der Waals surface area contributed by atoms with Crippen LogP contribution >= 0.6 is 0 Å². The maximum Gasteiger partial charge on any atom is 0.255 e. The van der Waals surface area contributed by atoms with Gasteiger partial charge in [0, 0.05) is 30.5 Å². The Balaban J connectivity index is 1.84. The maximum absolute atomic E-state index is 12.8. The third kappa shape index (κ3) is 2.86. The monoisotopic (exact) mass is 325 g/mol. The first-order valence-electron chi connectivity index (χ1n) is 8.59. The molecule has 1 fully saturated rings. The lowest BCUT2D eigenvalue weighted by molar-refractivity contribution is 0.0398. The van der Waals surface area contributed by atoms with E-state index in [0.717, 1.165) is 30.0 Å². The number of likely N-dealkylation sites (N-methyl/N-ethyl adjacent to an activating group) is 1. The van der Waals surface area contributed by atoms with Crippen LogP contribution in [-0.4, -0.2) is 53.5 Å². The number of likely N-dealkylation sites (tertiary alicyclic amines) is 1. The van der Waals surface area contributed by atoms with Crippen molar-refractivity contribution in [3.63, 3.8) is 0 Å². The van der Waals surface area contributed by atoms with Crippen molar-refractivity contribution in [2.45, 2.75) is 32.9 Å². The molecule has 4 heteroatoms. The summed E-state index contributed by atoms with van der Waals surface area (Å²) >= 11 is 0. The predicted octanol–water partition coefficient (Wildman–Crippen LogP) is 3.10. The third-order valence-electron chi connectivity index (χ3n) is 5.26. The summed E-state index contributed by atoms with van der Waals surface area (Å²) in [5.41, 5.74) is 4.29. The Morgan fingerprint density at radius 3 is 2.38 bits per heavy atom. The molecule has 1 aromatic heterocycles. The molecule has 3 rings (SSSR count). The van der Waals surface area contributed by atoms with E-state index in [4.69, 9.17) is 0 Å². The van der Waals surface area contributed by atoms with Gasteiger partial charge in [-0.2, -0.15) is 0 Å². The number of aromatic nitrogens is 1. The molecule has 0 radical (unpaired) electrons. The van der Waals surface area contributed by atoms with E-state index < -0.39 is 0 Å². The smallest absolute Gasteiger partial charge is 0.255 e. The summed E-state index contributed by atoms with van der Waals surface area (Å²) in [4.78, 5) is 17.0. The van der Waals surface area contributed by atoms with Gasteiger partial charge in [-0.25, -0.2) is 0 Å². The van der Waals surface area contributed by atoms with E-state index in [1.807, 2.05) is 17.0 Å². The first-order chi connectivity index (χ1) is 11.4. The molecular formula is C20H27N3O. The van der Waals surface area contributed by atoms with Gasteiger partial charge in [0.25, 0.3) is 5.91 Å². The molecule has 0 aliphatic carbocycles. The summed E-state index contributed by atoms with van der Waals surface area (Å²) in [6.07, 6.45) is 0. The average Bonchev–Trinajstić information content (AvgIpc) is 2.80. The molecule has 128 valence electrons. The molecule has 0 saturated carbocycles. The molecular weight excluding hydrogens is 298 g/mol. The normalized spacial score (nSPS) is 16.3. The highest BCUT2D eigenvalue weighted by atomic mass is 16.2. The summed E-state index contributed by atoms with van der Waals surface area (Å²) in [5.74, 6) is 0.160. The second-order valence-electron chi connectivity index (χ2n) is 7.07. The van der Waals surface area contributed by atoms with Gasteiger partial charge in [-0.05, 0) is 46.5 Å². The van der Waals surface area contributed by atoms with Crippen LogP contribution in [0.4, 0.5) is 0 Å². The van der Waals surface area contributed by atoms with Crippen molar-refractivity contribution in [2.24, 2.45) is 0 Å². The van der Waals surface area contributed by atoms with Crippen molar-refractivity contribution in [2.75, 3.05) is 27.2 Å². The van der Waals surface area contributed by atoms with Gasteiger partial charge in [-0.15, -0.1) is 0 Å². The lowest BCUT2D eigenvalue weighted by Crippen LogP contribution is -2.59. The van der Waals surface area contributed by atoms with Crippen LogP contribution in [0.5, 0.6) is 0 Å². The zero-order chi connectivity index (χ0) is 17.4. The molecule has 1 aromatic carbocycles. The SMILES string of the molecule is Cc1cc(C(=O)N2CC(N(C)C)C2)c(C)n1[C@@H](C)c1ccccc1. The molecule has 0 N–H and O–H groups in total. The van der Waals surface area contributed by atoms with Gasteiger partial charge in [0.05, 0.1) is 11.6 Å². The second-order valence-corrected chi connectivity index (χ2v) is 7.07. The molecule has 1 aliphatic heterocycles. The van der Waals surface area contributed by atoms with E-state index >= 15 is 0 Å². The molecule has 1 saturated heterocycles. The van der Waals surface area contributed by atoms with Crippen molar-refractivity contribution in [3.05, 3.63) is 58.9 Å². The largest absolute Gasteiger partial charge is 0.341 e. The molecule has 0 bridgehead atoms. The third-order valence-corrected chi connectivity index (χ3v) is 5.26. The Labute approximate surface area is 144 Å². The van der Waals surface area contributed by atoms with Gasteiger partial charge in [-0.3, -0.25) is 4.79 Å². The molecule has 2 aromatic rings. The Morgan fingerprint density at radius 2 is 1.79 bits per heavy atom. The summed E-state index contributed by atoms with van der Waals surface area (Å²) < 4.78 is 2.27. The fraction of sp³-hybridized carbons (Fsp3) is 0.450. The topological polar surface area (TPSA) is 28.5 Å². The van der Waals surface area contributed by atoms with Gasteiger partial charge in [0.2, 0.25) is 0 Å². The van der Waals surface area contributed by atoms with Crippen LogP contribution in [0.2, 0.25) is 0 Å². The van der Waals surface area contributed by atoms with Crippen LogP contribution in [0.3, 0.4) is 0 Å². The van der Waals surface area contributed by atoms with Crippen LogP contribution in [0.15, 0.2) is 36.4 Å². The van der Waals surface area contributed by atoms with E-state index in [1.54, 1.807) is 0 Å². The van der Waals surface area contributed by atoms with Crippen LogP contribution < -0.4 is 0 Å². The Kier molecular flexibility index (Phi) is 4.50. The molecule has 1 atom stereocenters. The van der Waals surface area contributed by atoms with Gasteiger partial charge < -0.3 is 14.4 Å². The number of aryl methyl sites for hydroxylation is 1. The van der Waals surface area contributed by atoms with Crippen LogP contribution in [-0.2, 0) is 0 Å². The minimum absolute atomic E-state index is 0.160. The number of benzene rings is 1. The highest BCUT2D eigenvalue weighted by Gasteiger charge is 2.34. The minimum atomic E-state index is 0.160. The van der Waals surface area contributed by atoms with E-state index in [9.17, 15) is 4.79 Å². The van der Waals surface area contributed by atoms with E-state index in [2.05, 4.69) is 68.6 Å². The van der Waals surface area contributed by atoms with E-state index in [-0.39, 0.29) is 11.9 Å². The second kappa shape index (κ2) is 6.44. The van der Waals surface area contributed by atoms with Crippen LogP contribution in [0.25, 0.3) is 0 Å². The molecule has 1 aliphatic rings. The number of carbonyl (C=O) groups excluding carboxylic acids is 1. The fourth-order valence-corrected chi connectivity index (χ4v) is 3.59. The highest BCUT2D eigenvalue weighted by Crippen LogP contribution is 2.27. The lowest BCUT2D eigenvalue weighted by atomic mass is 10.1. The van der Waals surface area contributed by atoms with Gasteiger partial charge in [0.15, 0.2) is 0 Å². The number of carbonyl (C=O) groups is 1. The molecule has 2 heterocycles. The molecule has 0 unspecified atom stereocenters. The highest BCUT2D eigenvalue weighted by molar-refractivity contribution is 5.96. The maximum atomic E-state index is 12.8. The van der Waals surface area contributed by atoms with Crippen molar-refractivity contribution in [3.8, 4) is 0 Å². The Morgan fingerprint density at radius 1 is 1.17 bits per heavy atom. The van der Waals surface area contributed by atoms with Crippen molar-refractivity contribution in [1.82, 2.24) is 14.4 Å². The summed E-state index contributed by atoms with van der Waals surface area (Å²) in [6.45, 7) is 7.98. The zero-order valence-electron chi connectivity index (χ0n) is 15.3. The zero-order valence-corrected chi connectivity index (χ0v) is 15.3. The number of amides is 1. The fourth-order valence-electron chi connectivity index (χ4n) is 3.59. The first kappa shape index (κ1) is 16.8. The molecule has 0 spiro atoms. The van der Waals surface area contributed by atoms with Gasteiger partial charge in [-0.1, -0.05) is 30.3 Å². The molecule has 4 nitrogen and oxygen atoms in total. The Bertz CT molecular complexity index is 727. The van der Waals surface area contributed by atoms with Crippen molar-refractivity contribution < 1.29 is 4.79 Å². The van der Waals surface area contributed by atoms with E-state index in [1.165, 1.54) is 5.56 Å².